The van der Waals surface area contributed by atoms with Crippen molar-refractivity contribution in [1.29, 1.82) is 0 Å². The van der Waals surface area contributed by atoms with E-state index in [0.29, 0.717) is 5.92 Å². The summed E-state index contributed by atoms with van der Waals surface area (Å²) in [7, 11) is 1.80. The molecule has 17 heavy (non-hydrogen) atoms. The second-order valence-electron chi connectivity index (χ2n) is 5.71. The summed E-state index contributed by atoms with van der Waals surface area (Å²) in [5, 5.41) is 3.28. The summed E-state index contributed by atoms with van der Waals surface area (Å²) in [4.78, 5) is 13.6. The predicted molar refractivity (Wildman–Crippen MR) is 71.2 cm³/mol. The van der Waals surface area contributed by atoms with Crippen molar-refractivity contribution in [3.63, 3.8) is 0 Å². The number of amides is 1. The van der Waals surface area contributed by atoms with E-state index < -0.39 is 5.60 Å². The van der Waals surface area contributed by atoms with Gasteiger partial charge in [0.1, 0.15) is 5.60 Å². The Balaban J connectivity index is 4.49. The van der Waals surface area contributed by atoms with Crippen molar-refractivity contribution in [2.75, 3.05) is 20.1 Å². The summed E-state index contributed by atoms with van der Waals surface area (Å²) in [6.45, 7) is 13.6. The predicted octanol–water partition coefficient (Wildman–Crippen LogP) is 2.49. The molecule has 0 aliphatic carbocycles. The number of nitrogens with one attached hydrogen (secondary N) is 1. The largest absolute Gasteiger partial charge is 0.444 e. The van der Waals surface area contributed by atoms with Crippen LogP contribution in [-0.2, 0) is 4.74 Å². The summed E-state index contributed by atoms with van der Waals surface area (Å²) in [5.41, 5.74) is -0.439. The second kappa shape index (κ2) is 6.84. The van der Waals surface area contributed by atoms with Crippen LogP contribution in [0.3, 0.4) is 0 Å². The van der Waals surface area contributed by atoms with E-state index in [1.54, 1.807) is 11.9 Å². The highest BCUT2D eigenvalue weighted by atomic mass is 16.6. The lowest BCUT2D eigenvalue weighted by Crippen LogP contribution is -2.48. The van der Waals surface area contributed by atoms with Gasteiger partial charge in [0, 0.05) is 19.6 Å². The van der Waals surface area contributed by atoms with Crippen LogP contribution in [0.2, 0.25) is 0 Å². The Hall–Kier alpha value is -0.770. The smallest absolute Gasteiger partial charge is 0.410 e. The molecule has 0 bridgehead atoms. The monoisotopic (exact) mass is 244 g/mol. The normalized spacial score (nSPS) is 13.6. The van der Waals surface area contributed by atoms with Crippen LogP contribution in [0.25, 0.3) is 0 Å². The zero-order valence-corrected chi connectivity index (χ0v) is 12.3. The first kappa shape index (κ1) is 16.2. The molecule has 0 unspecified atom stereocenters. The minimum Gasteiger partial charge on any atom is -0.444 e. The van der Waals surface area contributed by atoms with Crippen LogP contribution in [-0.4, -0.2) is 42.8 Å². The molecular formula is C13H28N2O2. The third-order valence-electron chi connectivity index (χ3n) is 2.55. The van der Waals surface area contributed by atoms with Crippen LogP contribution < -0.4 is 5.32 Å². The molecule has 0 saturated heterocycles. The Morgan fingerprint density at radius 1 is 1.35 bits per heavy atom. The Morgan fingerprint density at radius 3 is 2.24 bits per heavy atom. The molecule has 4 nitrogen and oxygen atoms in total. The summed E-state index contributed by atoms with van der Waals surface area (Å²) < 4.78 is 5.37. The molecule has 4 heteroatoms. The second-order valence-corrected chi connectivity index (χ2v) is 5.71. The van der Waals surface area contributed by atoms with Crippen molar-refractivity contribution < 1.29 is 9.53 Å². The average molecular weight is 244 g/mol. The topological polar surface area (TPSA) is 41.6 Å². The Kier molecular flexibility index (Phi) is 6.53. The molecule has 0 radical (unpaired) electrons. The van der Waals surface area contributed by atoms with Crippen molar-refractivity contribution >= 4 is 6.09 Å². The van der Waals surface area contributed by atoms with Crippen molar-refractivity contribution in [2.24, 2.45) is 5.92 Å². The van der Waals surface area contributed by atoms with Gasteiger partial charge in [0.15, 0.2) is 0 Å². The molecule has 1 amide bonds. The Bertz CT molecular complexity index is 234. The molecule has 0 aromatic carbocycles. The van der Waals surface area contributed by atoms with E-state index >= 15 is 0 Å². The summed E-state index contributed by atoms with van der Waals surface area (Å²) in [6, 6.07) is 0.157. The fourth-order valence-corrected chi connectivity index (χ4v) is 1.58. The number of likely N-dealkylation sites (N-methyl/N-ethyl adjacent to an activating group) is 2. The number of ether oxygens (including phenoxy) is 1. The molecule has 1 N–H and O–H groups in total. The zero-order chi connectivity index (χ0) is 13.6. The minimum atomic E-state index is -0.439. The number of nitrogens with zero attached hydrogens (tertiary/aromatic N) is 1. The van der Waals surface area contributed by atoms with Crippen molar-refractivity contribution in [3.05, 3.63) is 0 Å². The first-order valence-electron chi connectivity index (χ1n) is 6.35. The molecular weight excluding hydrogens is 216 g/mol. The van der Waals surface area contributed by atoms with Gasteiger partial charge in [-0.1, -0.05) is 20.8 Å². The standard InChI is InChI=1S/C13H28N2O2/c1-8-14-9-11(10(2)3)15(7)12(16)17-13(4,5)6/h10-11,14H,8-9H2,1-7H3/t11-/m0/s1. The first-order chi connectivity index (χ1) is 7.69. The van der Waals surface area contributed by atoms with Gasteiger partial charge in [-0.05, 0) is 33.2 Å². The number of rotatable bonds is 5. The average Bonchev–Trinajstić information content (AvgIpc) is 2.14. The van der Waals surface area contributed by atoms with Gasteiger partial charge in [-0.15, -0.1) is 0 Å². The van der Waals surface area contributed by atoms with Gasteiger partial charge in [0.05, 0.1) is 0 Å². The molecule has 0 aromatic heterocycles. The van der Waals surface area contributed by atoms with Gasteiger partial charge in [0.25, 0.3) is 0 Å². The van der Waals surface area contributed by atoms with E-state index in [4.69, 9.17) is 4.74 Å². The number of carbonyl (C=O) groups is 1. The quantitative estimate of drug-likeness (QED) is 0.808. The molecule has 0 rings (SSSR count). The molecule has 0 aliphatic rings. The molecule has 102 valence electrons. The van der Waals surface area contributed by atoms with Crippen LogP contribution >= 0.6 is 0 Å². The highest BCUT2D eigenvalue weighted by Crippen LogP contribution is 2.14. The fourth-order valence-electron chi connectivity index (χ4n) is 1.58. The lowest BCUT2D eigenvalue weighted by atomic mass is 10.0. The van der Waals surface area contributed by atoms with E-state index in [9.17, 15) is 4.79 Å². The molecule has 0 fully saturated rings. The van der Waals surface area contributed by atoms with Gasteiger partial charge >= 0.3 is 6.09 Å². The molecule has 0 heterocycles. The maximum absolute atomic E-state index is 11.9. The Morgan fingerprint density at radius 2 is 1.88 bits per heavy atom. The zero-order valence-electron chi connectivity index (χ0n) is 12.3. The Labute approximate surface area is 106 Å². The summed E-state index contributed by atoms with van der Waals surface area (Å²) >= 11 is 0. The van der Waals surface area contributed by atoms with Crippen LogP contribution in [0.15, 0.2) is 0 Å². The highest BCUT2D eigenvalue weighted by molar-refractivity contribution is 5.68. The van der Waals surface area contributed by atoms with Crippen molar-refractivity contribution in [2.45, 2.75) is 53.2 Å². The van der Waals surface area contributed by atoms with Gasteiger partial charge in [-0.3, -0.25) is 0 Å². The molecule has 0 saturated carbocycles. The molecule has 0 spiro atoms. The van der Waals surface area contributed by atoms with Gasteiger partial charge < -0.3 is 15.0 Å². The minimum absolute atomic E-state index is 0.157. The number of hydrogen-bond donors (Lipinski definition) is 1. The van der Waals surface area contributed by atoms with Crippen LogP contribution in [0.5, 0.6) is 0 Å². The van der Waals surface area contributed by atoms with Gasteiger partial charge in [0.2, 0.25) is 0 Å². The highest BCUT2D eigenvalue weighted by Gasteiger charge is 2.26. The summed E-state index contributed by atoms with van der Waals surface area (Å²) in [6.07, 6.45) is -0.255. The van der Waals surface area contributed by atoms with E-state index in [2.05, 4.69) is 26.1 Å². The summed E-state index contributed by atoms with van der Waals surface area (Å²) in [5.74, 6) is 0.395. The third kappa shape index (κ3) is 6.51. The van der Waals surface area contributed by atoms with Crippen molar-refractivity contribution in [1.82, 2.24) is 10.2 Å². The van der Waals surface area contributed by atoms with E-state index in [-0.39, 0.29) is 12.1 Å². The van der Waals surface area contributed by atoms with E-state index in [1.165, 1.54) is 0 Å². The van der Waals surface area contributed by atoms with Crippen molar-refractivity contribution in [3.8, 4) is 0 Å². The van der Waals surface area contributed by atoms with Gasteiger partial charge in [-0.2, -0.15) is 0 Å². The molecule has 1 atom stereocenters. The van der Waals surface area contributed by atoms with Crippen LogP contribution in [0.4, 0.5) is 4.79 Å². The van der Waals surface area contributed by atoms with Crippen LogP contribution in [0.1, 0.15) is 41.5 Å². The lowest BCUT2D eigenvalue weighted by molar-refractivity contribution is 0.0180. The molecule has 0 aromatic rings. The molecule has 0 aliphatic heterocycles. The SMILES string of the molecule is CCNC[C@@H](C(C)C)N(C)C(=O)OC(C)(C)C. The van der Waals surface area contributed by atoms with E-state index in [1.807, 2.05) is 20.8 Å². The number of hydrogen-bond acceptors (Lipinski definition) is 3. The third-order valence-corrected chi connectivity index (χ3v) is 2.55. The maximum atomic E-state index is 11.9. The van der Waals surface area contributed by atoms with Crippen LogP contribution in [0, 0.1) is 5.92 Å². The van der Waals surface area contributed by atoms with Gasteiger partial charge in [-0.25, -0.2) is 4.79 Å². The number of carbonyl (C=O) groups excluding carboxylic acids is 1. The lowest BCUT2D eigenvalue weighted by Gasteiger charge is -2.33. The fraction of sp³-hybridized carbons (Fsp3) is 0.923. The first-order valence-corrected chi connectivity index (χ1v) is 6.35. The maximum Gasteiger partial charge on any atom is 0.410 e. The van der Waals surface area contributed by atoms with E-state index in [0.717, 1.165) is 13.1 Å².